The number of rotatable bonds is 4. The average Bonchev–Trinajstić information content (AvgIpc) is 2.52. The van der Waals surface area contributed by atoms with Crippen molar-refractivity contribution in [3.63, 3.8) is 0 Å². The molecule has 0 saturated carbocycles. The molecule has 0 spiro atoms. The van der Waals surface area contributed by atoms with Crippen LogP contribution in [0.1, 0.15) is 31.4 Å². The first kappa shape index (κ1) is 19.5. The van der Waals surface area contributed by atoms with E-state index in [9.17, 15) is 13.2 Å². The van der Waals surface area contributed by atoms with Gasteiger partial charge in [0.15, 0.2) is 0 Å². The second-order valence-electron chi connectivity index (χ2n) is 6.25. The maximum Gasteiger partial charge on any atom is 0.227 e. The van der Waals surface area contributed by atoms with Crippen molar-refractivity contribution in [2.75, 3.05) is 26.4 Å². The third-order valence-corrected chi connectivity index (χ3v) is 6.38. The highest BCUT2D eigenvalue weighted by Gasteiger charge is 2.33. The van der Waals surface area contributed by atoms with E-state index < -0.39 is 10.0 Å². The molecule has 8 heteroatoms. The summed E-state index contributed by atoms with van der Waals surface area (Å²) in [7, 11) is -1.56. The predicted octanol–water partition coefficient (Wildman–Crippen LogP) is 3.18. The molecule has 1 saturated heterocycles. The van der Waals surface area contributed by atoms with Crippen molar-refractivity contribution in [3.8, 4) is 0 Å². The minimum Gasteiger partial charge on any atom is -0.339 e. The highest BCUT2D eigenvalue weighted by molar-refractivity contribution is 7.88. The van der Waals surface area contributed by atoms with E-state index in [0.29, 0.717) is 29.4 Å². The van der Waals surface area contributed by atoms with E-state index in [0.717, 1.165) is 5.56 Å². The maximum atomic E-state index is 12.8. The zero-order valence-electron chi connectivity index (χ0n) is 14.0. The number of hydrogen-bond donors (Lipinski definition) is 0. The minimum absolute atomic E-state index is 0.0677. The van der Waals surface area contributed by atoms with Crippen LogP contribution in [0.4, 0.5) is 0 Å². The fraction of sp³-hybridized carbons (Fsp3) is 0.562. The lowest BCUT2D eigenvalue weighted by Crippen LogP contribution is -2.46. The van der Waals surface area contributed by atoms with Gasteiger partial charge in [-0.05, 0) is 37.5 Å². The predicted molar refractivity (Wildman–Crippen MR) is 96.8 cm³/mol. The molecule has 1 aromatic rings. The third kappa shape index (κ3) is 4.42. The van der Waals surface area contributed by atoms with E-state index in [1.807, 2.05) is 13.0 Å². The van der Waals surface area contributed by atoms with Gasteiger partial charge in [0.25, 0.3) is 0 Å². The van der Waals surface area contributed by atoms with Crippen LogP contribution in [0.2, 0.25) is 10.0 Å². The summed E-state index contributed by atoms with van der Waals surface area (Å²) in [5.41, 5.74) is 0.813. The molecule has 0 radical (unpaired) electrons. The summed E-state index contributed by atoms with van der Waals surface area (Å²) >= 11 is 12.1. The molecule has 1 fully saturated rings. The third-order valence-electron chi connectivity index (χ3n) is 4.54. The molecule has 0 aliphatic carbocycles. The standard InChI is InChI=1S/C16H22Cl2N2O3S/c1-11(14-7-6-13(17)9-15(14)18)19(2)16(21)12-5-4-8-20(10-12)24(3,22)23/h6-7,9,11-12H,4-5,8,10H2,1-3H3/t11-,12+/m0/s1. The molecule has 5 nitrogen and oxygen atoms in total. The fourth-order valence-electron chi connectivity index (χ4n) is 2.97. The summed E-state index contributed by atoms with van der Waals surface area (Å²) in [6.07, 6.45) is 2.56. The lowest BCUT2D eigenvalue weighted by molar-refractivity contribution is -0.137. The molecule has 0 bridgehead atoms. The quantitative estimate of drug-likeness (QED) is 0.790. The minimum atomic E-state index is -3.28. The molecule has 1 amide bonds. The summed E-state index contributed by atoms with van der Waals surface area (Å²) in [5.74, 6) is -0.395. The van der Waals surface area contributed by atoms with Gasteiger partial charge in [-0.2, -0.15) is 0 Å². The van der Waals surface area contributed by atoms with Crippen LogP contribution in [-0.4, -0.2) is 49.9 Å². The van der Waals surface area contributed by atoms with Gasteiger partial charge < -0.3 is 4.90 Å². The highest BCUT2D eigenvalue weighted by Crippen LogP contribution is 2.31. The molecule has 1 aromatic carbocycles. The summed E-state index contributed by atoms with van der Waals surface area (Å²) < 4.78 is 24.8. The number of benzene rings is 1. The van der Waals surface area contributed by atoms with E-state index in [-0.39, 0.29) is 24.4 Å². The number of sulfonamides is 1. The van der Waals surface area contributed by atoms with Gasteiger partial charge in [0.05, 0.1) is 18.2 Å². The number of halogens is 2. The Balaban J connectivity index is 2.13. The Labute approximate surface area is 153 Å². The molecule has 2 rings (SSSR count). The Kier molecular flexibility index (Phi) is 6.18. The Bertz CT molecular complexity index is 724. The van der Waals surface area contributed by atoms with Gasteiger partial charge in [-0.3, -0.25) is 4.79 Å². The largest absolute Gasteiger partial charge is 0.339 e. The first-order valence-corrected chi connectivity index (χ1v) is 10.4. The van der Waals surface area contributed by atoms with Crippen LogP contribution in [0.25, 0.3) is 0 Å². The Morgan fingerprint density at radius 2 is 2.04 bits per heavy atom. The smallest absolute Gasteiger partial charge is 0.227 e. The average molecular weight is 393 g/mol. The van der Waals surface area contributed by atoms with Gasteiger partial charge in [-0.15, -0.1) is 0 Å². The topological polar surface area (TPSA) is 57.7 Å². The summed E-state index contributed by atoms with van der Waals surface area (Å²) in [5, 5.41) is 1.05. The Hall–Kier alpha value is -0.820. The molecule has 1 heterocycles. The van der Waals surface area contributed by atoms with Crippen molar-refractivity contribution in [1.29, 1.82) is 0 Å². The molecule has 0 unspecified atom stereocenters. The van der Waals surface area contributed by atoms with Crippen molar-refractivity contribution in [2.45, 2.75) is 25.8 Å². The first-order chi connectivity index (χ1) is 11.1. The molecule has 0 N–H and O–H groups in total. The zero-order chi connectivity index (χ0) is 18.1. The number of nitrogens with zero attached hydrogens (tertiary/aromatic N) is 2. The lowest BCUT2D eigenvalue weighted by atomic mass is 9.96. The Morgan fingerprint density at radius 1 is 1.38 bits per heavy atom. The van der Waals surface area contributed by atoms with Crippen LogP contribution in [-0.2, 0) is 14.8 Å². The second-order valence-corrected chi connectivity index (χ2v) is 9.08. The molecule has 134 valence electrons. The number of carbonyl (C=O) groups is 1. The van der Waals surface area contributed by atoms with E-state index in [1.54, 1.807) is 24.1 Å². The molecular weight excluding hydrogens is 371 g/mol. The van der Waals surface area contributed by atoms with Gasteiger partial charge in [-0.1, -0.05) is 29.3 Å². The molecular formula is C16H22Cl2N2O3S. The second kappa shape index (κ2) is 7.60. The van der Waals surface area contributed by atoms with Gasteiger partial charge in [0.2, 0.25) is 15.9 Å². The van der Waals surface area contributed by atoms with E-state index in [4.69, 9.17) is 23.2 Å². The van der Waals surface area contributed by atoms with Crippen LogP contribution in [0.3, 0.4) is 0 Å². The summed E-state index contributed by atoms with van der Waals surface area (Å²) in [4.78, 5) is 14.4. The van der Waals surface area contributed by atoms with Gasteiger partial charge in [-0.25, -0.2) is 12.7 Å². The van der Waals surface area contributed by atoms with E-state index in [2.05, 4.69) is 0 Å². The molecule has 24 heavy (non-hydrogen) atoms. The first-order valence-electron chi connectivity index (χ1n) is 7.78. The van der Waals surface area contributed by atoms with Crippen LogP contribution < -0.4 is 0 Å². The fourth-order valence-corrected chi connectivity index (χ4v) is 4.45. The monoisotopic (exact) mass is 392 g/mol. The zero-order valence-corrected chi connectivity index (χ0v) is 16.3. The normalized spacial score (nSPS) is 20.6. The maximum absolute atomic E-state index is 12.8. The summed E-state index contributed by atoms with van der Waals surface area (Å²) in [6, 6.07) is 4.97. The number of hydrogen-bond acceptors (Lipinski definition) is 3. The lowest BCUT2D eigenvalue weighted by Gasteiger charge is -2.34. The van der Waals surface area contributed by atoms with Crippen LogP contribution in [0.5, 0.6) is 0 Å². The van der Waals surface area contributed by atoms with Crippen molar-refractivity contribution in [2.24, 2.45) is 5.92 Å². The van der Waals surface area contributed by atoms with Gasteiger partial charge >= 0.3 is 0 Å². The van der Waals surface area contributed by atoms with Crippen molar-refractivity contribution < 1.29 is 13.2 Å². The van der Waals surface area contributed by atoms with Crippen molar-refractivity contribution in [1.82, 2.24) is 9.21 Å². The number of amides is 1. The van der Waals surface area contributed by atoms with E-state index in [1.165, 1.54) is 10.6 Å². The SMILES string of the molecule is C[C@@H](c1ccc(Cl)cc1Cl)N(C)C(=O)[C@@H]1CCCN(S(C)(=O)=O)C1. The van der Waals surface area contributed by atoms with Crippen LogP contribution >= 0.6 is 23.2 Å². The molecule has 1 aliphatic rings. The summed E-state index contributed by atoms with van der Waals surface area (Å²) in [6.45, 7) is 2.61. The number of carbonyl (C=O) groups excluding carboxylic acids is 1. The molecule has 2 atom stereocenters. The van der Waals surface area contributed by atoms with Crippen molar-refractivity contribution >= 4 is 39.1 Å². The molecule has 1 aliphatic heterocycles. The van der Waals surface area contributed by atoms with Crippen LogP contribution in [0.15, 0.2) is 18.2 Å². The van der Waals surface area contributed by atoms with Gasteiger partial charge in [0, 0.05) is 30.2 Å². The molecule has 0 aromatic heterocycles. The Morgan fingerprint density at radius 3 is 2.62 bits per heavy atom. The number of piperidine rings is 1. The van der Waals surface area contributed by atoms with Crippen molar-refractivity contribution in [3.05, 3.63) is 33.8 Å². The van der Waals surface area contributed by atoms with Gasteiger partial charge in [0.1, 0.15) is 0 Å². The van der Waals surface area contributed by atoms with Crippen LogP contribution in [0, 0.1) is 5.92 Å². The highest BCUT2D eigenvalue weighted by atomic mass is 35.5. The van der Waals surface area contributed by atoms with E-state index >= 15 is 0 Å².